The number of aryl methyl sites for hydroxylation is 1. The fourth-order valence-electron chi connectivity index (χ4n) is 3.88. The Morgan fingerprint density at radius 2 is 1.96 bits per heavy atom. The maximum absolute atomic E-state index is 6.38. The van der Waals surface area contributed by atoms with Crippen molar-refractivity contribution in [3.05, 3.63) is 71.6 Å². The van der Waals surface area contributed by atoms with E-state index in [1.54, 1.807) is 0 Å². The quantitative estimate of drug-likeness (QED) is 0.687. The fourth-order valence-corrected chi connectivity index (χ4v) is 3.88. The molecule has 0 amide bonds. The van der Waals surface area contributed by atoms with Crippen LogP contribution in [0.15, 0.2) is 48.7 Å². The summed E-state index contributed by atoms with van der Waals surface area (Å²) in [6.45, 7) is 4.15. The lowest BCUT2D eigenvalue weighted by atomic mass is 9.95. The van der Waals surface area contributed by atoms with Crippen molar-refractivity contribution in [1.29, 1.82) is 0 Å². The zero-order chi connectivity index (χ0) is 16.1. The molecule has 3 aromatic rings. The largest absolute Gasteiger partial charge is 0.349 e. The zero-order valence-electron chi connectivity index (χ0n) is 13.4. The average molecular weight is 319 g/mol. The standard InChI is InChI=1S/C18H17N5O/c1-13-20-21-17-12-22-10-11-24-18(22,16-8-4-5-9-19-16)14-6-2-3-7-15(14)23(13)17/h2-9H,10-12H2,1H3. The first-order valence-corrected chi connectivity index (χ1v) is 8.12. The molecule has 1 aromatic carbocycles. The van der Waals surface area contributed by atoms with Crippen molar-refractivity contribution in [2.45, 2.75) is 19.2 Å². The minimum Gasteiger partial charge on any atom is -0.349 e. The molecule has 0 bridgehead atoms. The van der Waals surface area contributed by atoms with Gasteiger partial charge in [-0.3, -0.25) is 14.5 Å². The smallest absolute Gasteiger partial charge is 0.193 e. The van der Waals surface area contributed by atoms with Crippen LogP contribution in [-0.2, 0) is 17.0 Å². The van der Waals surface area contributed by atoms with Crippen LogP contribution in [0.4, 0.5) is 0 Å². The third-order valence-corrected chi connectivity index (χ3v) is 4.86. The summed E-state index contributed by atoms with van der Waals surface area (Å²) in [6.07, 6.45) is 1.82. The van der Waals surface area contributed by atoms with Gasteiger partial charge in [-0.05, 0) is 25.1 Å². The number of nitrogens with zero attached hydrogens (tertiary/aromatic N) is 5. The van der Waals surface area contributed by atoms with Crippen molar-refractivity contribution in [3.8, 4) is 5.69 Å². The number of para-hydroxylation sites is 1. The van der Waals surface area contributed by atoms with Crippen molar-refractivity contribution in [3.63, 3.8) is 0 Å². The topological polar surface area (TPSA) is 56.1 Å². The molecule has 1 unspecified atom stereocenters. The van der Waals surface area contributed by atoms with E-state index in [-0.39, 0.29) is 0 Å². The van der Waals surface area contributed by atoms with Crippen LogP contribution in [0.1, 0.15) is 22.9 Å². The SMILES string of the molecule is Cc1nnc2n1-c1ccccc1C1(c3ccccn3)OCCN1C2. The summed E-state index contributed by atoms with van der Waals surface area (Å²) in [5, 5.41) is 8.67. The summed E-state index contributed by atoms with van der Waals surface area (Å²) in [6, 6.07) is 14.3. The fraction of sp³-hybridized carbons (Fsp3) is 0.278. The Morgan fingerprint density at radius 1 is 1.08 bits per heavy atom. The highest BCUT2D eigenvalue weighted by Gasteiger charge is 2.50. The van der Waals surface area contributed by atoms with Crippen molar-refractivity contribution in [1.82, 2.24) is 24.6 Å². The van der Waals surface area contributed by atoms with E-state index >= 15 is 0 Å². The zero-order valence-corrected chi connectivity index (χ0v) is 13.4. The number of rotatable bonds is 1. The van der Waals surface area contributed by atoms with Gasteiger partial charge in [0.05, 0.1) is 24.5 Å². The molecule has 0 saturated carbocycles. The van der Waals surface area contributed by atoms with Gasteiger partial charge in [-0.1, -0.05) is 24.3 Å². The molecule has 1 atom stereocenters. The number of hydrogen-bond donors (Lipinski definition) is 0. The van der Waals surface area contributed by atoms with Crippen molar-refractivity contribution in [2.24, 2.45) is 0 Å². The Labute approximate surface area is 139 Å². The van der Waals surface area contributed by atoms with Gasteiger partial charge in [0.2, 0.25) is 0 Å². The Balaban J connectivity index is 1.86. The van der Waals surface area contributed by atoms with Gasteiger partial charge in [0.1, 0.15) is 5.82 Å². The predicted octanol–water partition coefficient (Wildman–Crippen LogP) is 2.02. The van der Waals surface area contributed by atoms with E-state index in [0.717, 1.165) is 35.1 Å². The van der Waals surface area contributed by atoms with Gasteiger partial charge in [0.15, 0.2) is 11.5 Å². The highest BCUT2D eigenvalue weighted by atomic mass is 16.5. The number of benzene rings is 1. The summed E-state index contributed by atoms with van der Waals surface area (Å²) in [5.41, 5.74) is 2.38. The van der Waals surface area contributed by atoms with E-state index < -0.39 is 5.72 Å². The molecular formula is C18H17N5O. The third-order valence-electron chi connectivity index (χ3n) is 4.86. The number of ether oxygens (including phenoxy) is 1. The van der Waals surface area contributed by atoms with Gasteiger partial charge in [-0.15, -0.1) is 10.2 Å². The van der Waals surface area contributed by atoms with Gasteiger partial charge in [-0.2, -0.15) is 0 Å². The molecule has 1 fully saturated rings. The molecule has 2 aromatic heterocycles. The minimum atomic E-state index is -0.676. The second kappa shape index (κ2) is 4.96. The van der Waals surface area contributed by atoms with Crippen LogP contribution in [0.25, 0.3) is 5.69 Å². The van der Waals surface area contributed by atoms with E-state index in [4.69, 9.17) is 4.74 Å². The summed E-state index contributed by atoms with van der Waals surface area (Å²) >= 11 is 0. The summed E-state index contributed by atoms with van der Waals surface area (Å²) in [7, 11) is 0. The highest BCUT2D eigenvalue weighted by molar-refractivity contribution is 5.50. The van der Waals surface area contributed by atoms with Crippen LogP contribution in [0, 0.1) is 6.92 Å². The molecule has 6 nitrogen and oxygen atoms in total. The minimum absolute atomic E-state index is 0.665. The molecule has 2 aliphatic rings. The van der Waals surface area contributed by atoms with Crippen LogP contribution in [-0.4, -0.2) is 37.8 Å². The first-order valence-electron chi connectivity index (χ1n) is 8.12. The van der Waals surface area contributed by atoms with Gasteiger partial charge >= 0.3 is 0 Å². The normalized spacial score (nSPS) is 22.5. The Hall–Kier alpha value is -2.57. The molecule has 120 valence electrons. The van der Waals surface area contributed by atoms with Crippen LogP contribution in [0.5, 0.6) is 0 Å². The first-order chi connectivity index (χ1) is 11.8. The Bertz CT molecular complexity index is 907. The second-order valence-electron chi connectivity index (χ2n) is 6.15. The highest BCUT2D eigenvalue weighted by Crippen LogP contribution is 2.45. The summed E-state index contributed by atoms with van der Waals surface area (Å²) in [5.74, 6) is 1.82. The molecule has 0 radical (unpaired) electrons. The second-order valence-corrected chi connectivity index (χ2v) is 6.15. The average Bonchev–Trinajstić information content (AvgIpc) is 3.18. The van der Waals surface area contributed by atoms with Gasteiger partial charge in [-0.25, -0.2) is 0 Å². The van der Waals surface area contributed by atoms with Crippen molar-refractivity contribution >= 4 is 0 Å². The Morgan fingerprint density at radius 3 is 2.83 bits per heavy atom. The third kappa shape index (κ3) is 1.69. The molecule has 2 aliphatic heterocycles. The number of fused-ring (bicyclic) bond motifs is 5. The molecule has 0 aliphatic carbocycles. The van der Waals surface area contributed by atoms with Gasteiger partial charge in [0.25, 0.3) is 0 Å². The maximum atomic E-state index is 6.38. The number of hydrogen-bond acceptors (Lipinski definition) is 5. The first kappa shape index (κ1) is 13.8. The van der Waals surface area contributed by atoms with Crippen LogP contribution in [0.3, 0.4) is 0 Å². The lowest BCUT2D eigenvalue weighted by molar-refractivity contribution is -0.0586. The van der Waals surface area contributed by atoms with Crippen LogP contribution < -0.4 is 0 Å². The van der Waals surface area contributed by atoms with Crippen LogP contribution >= 0.6 is 0 Å². The van der Waals surface area contributed by atoms with Crippen LogP contribution in [0.2, 0.25) is 0 Å². The maximum Gasteiger partial charge on any atom is 0.193 e. The molecule has 6 heteroatoms. The monoisotopic (exact) mass is 319 g/mol. The predicted molar refractivity (Wildman–Crippen MR) is 87.5 cm³/mol. The van der Waals surface area contributed by atoms with Crippen molar-refractivity contribution in [2.75, 3.05) is 13.2 Å². The van der Waals surface area contributed by atoms with Gasteiger partial charge < -0.3 is 4.74 Å². The van der Waals surface area contributed by atoms with E-state index in [1.165, 1.54) is 0 Å². The van der Waals surface area contributed by atoms with Gasteiger partial charge in [0, 0.05) is 18.3 Å². The van der Waals surface area contributed by atoms with E-state index in [9.17, 15) is 0 Å². The van der Waals surface area contributed by atoms with E-state index in [2.05, 4.69) is 36.8 Å². The summed E-state index contributed by atoms with van der Waals surface area (Å²) < 4.78 is 8.51. The molecule has 24 heavy (non-hydrogen) atoms. The van der Waals surface area contributed by atoms with E-state index in [0.29, 0.717) is 13.2 Å². The molecular weight excluding hydrogens is 302 g/mol. The molecule has 0 spiro atoms. The Kier molecular flexibility index (Phi) is 2.86. The number of aromatic nitrogens is 4. The van der Waals surface area contributed by atoms with E-state index in [1.807, 2.05) is 43.5 Å². The summed E-state index contributed by atoms with van der Waals surface area (Å²) in [4.78, 5) is 6.94. The van der Waals surface area contributed by atoms with Crippen molar-refractivity contribution < 1.29 is 4.74 Å². The molecule has 0 N–H and O–H groups in total. The molecule has 4 heterocycles. The lowest BCUT2D eigenvalue weighted by Gasteiger charge is -2.35. The molecule has 5 rings (SSSR count). The number of pyridine rings is 1. The molecule has 1 saturated heterocycles. The lowest BCUT2D eigenvalue weighted by Crippen LogP contribution is -2.43.